The lowest BCUT2D eigenvalue weighted by atomic mass is 10.1. The Morgan fingerprint density at radius 2 is 1.72 bits per heavy atom. The van der Waals surface area contributed by atoms with Crippen LogP contribution in [0.25, 0.3) is 0 Å². The largest absolute Gasteiger partial charge is 0.395 e. The zero-order chi connectivity index (χ0) is 13.4. The van der Waals surface area contributed by atoms with Gasteiger partial charge in [-0.05, 0) is 31.0 Å². The van der Waals surface area contributed by atoms with Crippen molar-refractivity contribution in [2.75, 3.05) is 26.7 Å². The Kier molecular flexibility index (Phi) is 6.94. The molecule has 0 aliphatic rings. The van der Waals surface area contributed by atoms with Crippen molar-refractivity contribution in [3.8, 4) is 0 Å². The monoisotopic (exact) mass is 250 g/mol. The SMILES string of the molecule is CCCc1ccc(CCN(C)CC(N)CO)cc1. The lowest BCUT2D eigenvalue weighted by Gasteiger charge is -2.19. The number of nitrogens with two attached hydrogens (primary N) is 1. The van der Waals surface area contributed by atoms with Crippen LogP contribution in [0.15, 0.2) is 24.3 Å². The molecule has 0 aliphatic carbocycles. The maximum Gasteiger partial charge on any atom is 0.0595 e. The zero-order valence-corrected chi connectivity index (χ0v) is 11.6. The van der Waals surface area contributed by atoms with E-state index in [1.165, 1.54) is 17.5 Å². The maximum absolute atomic E-state index is 8.90. The van der Waals surface area contributed by atoms with Gasteiger partial charge in [-0.15, -0.1) is 0 Å². The summed E-state index contributed by atoms with van der Waals surface area (Å²) < 4.78 is 0. The third kappa shape index (κ3) is 5.63. The Balaban J connectivity index is 2.34. The molecule has 0 saturated carbocycles. The van der Waals surface area contributed by atoms with Gasteiger partial charge in [0.15, 0.2) is 0 Å². The number of aliphatic hydroxyl groups is 1. The first-order valence-electron chi connectivity index (χ1n) is 6.78. The molecule has 1 atom stereocenters. The van der Waals surface area contributed by atoms with Gasteiger partial charge in [0.2, 0.25) is 0 Å². The fraction of sp³-hybridized carbons (Fsp3) is 0.600. The van der Waals surface area contributed by atoms with Crippen molar-refractivity contribution in [3.05, 3.63) is 35.4 Å². The molecule has 0 amide bonds. The number of rotatable bonds is 8. The van der Waals surface area contributed by atoms with Gasteiger partial charge in [-0.2, -0.15) is 0 Å². The summed E-state index contributed by atoms with van der Waals surface area (Å²) in [5, 5.41) is 8.90. The normalized spacial score (nSPS) is 12.9. The summed E-state index contributed by atoms with van der Waals surface area (Å²) in [6.45, 7) is 3.97. The number of nitrogens with zero attached hydrogens (tertiary/aromatic N) is 1. The van der Waals surface area contributed by atoms with E-state index in [9.17, 15) is 0 Å². The molecule has 1 aromatic rings. The quantitative estimate of drug-likeness (QED) is 0.734. The second-order valence-corrected chi connectivity index (χ2v) is 5.02. The first-order chi connectivity index (χ1) is 8.65. The zero-order valence-electron chi connectivity index (χ0n) is 11.6. The van der Waals surface area contributed by atoms with Crippen molar-refractivity contribution in [2.24, 2.45) is 5.73 Å². The van der Waals surface area contributed by atoms with Gasteiger partial charge in [-0.1, -0.05) is 37.6 Å². The van der Waals surface area contributed by atoms with E-state index in [2.05, 4.69) is 36.1 Å². The standard InChI is InChI=1S/C15H26N2O/c1-3-4-13-5-7-14(8-6-13)9-10-17(2)11-15(16)12-18/h5-8,15,18H,3-4,9-12,16H2,1-2H3. The second-order valence-electron chi connectivity index (χ2n) is 5.02. The molecule has 18 heavy (non-hydrogen) atoms. The summed E-state index contributed by atoms with van der Waals surface area (Å²) >= 11 is 0. The molecule has 0 radical (unpaired) electrons. The van der Waals surface area contributed by atoms with E-state index in [0.29, 0.717) is 0 Å². The molecule has 0 bridgehead atoms. The molecule has 0 saturated heterocycles. The minimum atomic E-state index is -0.137. The van der Waals surface area contributed by atoms with E-state index in [1.54, 1.807) is 0 Å². The third-order valence-corrected chi connectivity index (χ3v) is 3.12. The van der Waals surface area contributed by atoms with E-state index < -0.39 is 0 Å². The van der Waals surface area contributed by atoms with Crippen LogP contribution in [0.3, 0.4) is 0 Å². The number of aliphatic hydroxyl groups excluding tert-OH is 1. The summed E-state index contributed by atoms with van der Waals surface area (Å²) in [4.78, 5) is 2.17. The van der Waals surface area contributed by atoms with E-state index in [0.717, 1.165) is 25.9 Å². The van der Waals surface area contributed by atoms with E-state index in [-0.39, 0.29) is 12.6 Å². The Labute approximate surface area is 111 Å². The summed E-state index contributed by atoms with van der Waals surface area (Å²) in [6.07, 6.45) is 3.38. The lowest BCUT2D eigenvalue weighted by Crippen LogP contribution is -2.38. The number of hydrogen-bond acceptors (Lipinski definition) is 3. The minimum Gasteiger partial charge on any atom is -0.395 e. The molecular weight excluding hydrogens is 224 g/mol. The van der Waals surface area contributed by atoms with Crippen LogP contribution in [0.4, 0.5) is 0 Å². The van der Waals surface area contributed by atoms with Gasteiger partial charge >= 0.3 is 0 Å². The van der Waals surface area contributed by atoms with Crippen LogP contribution in [-0.2, 0) is 12.8 Å². The van der Waals surface area contributed by atoms with Crippen LogP contribution in [0, 0.1) is 0 Å². The number of benzene rings is 1. The molecule has 102 valence electrons. The molecular formula is C15H26N2O. The van der Waals surface area contributed by atoms with Gasteiger partial charge in [-0.3, -0.25) is 0 Å². The molecule has 3 heteroatoms. The van der Waals surface area contributed by atoms with Gasteiger partial charge in [0, 0.05) is 19.1 Å². The number of hydrogen-bond donors (Lipinski definition) is 2. The third-order valence-electron chi connectivity index (χ3n) is 3.12. The van der Waals surface area contributed by atoms with Gasteiger partial charge in [-0.25, -0.2) is 0 Å². The molecule has 0 aliphatic heterocycles. The molecule has 0 aromatic heterocycles. The highest BCUT2D eigenvalue weighted by molar-refractivity contribution is 5.22. The Morgan fingerprint density at radius 3 is 2.22 bits per heavy atom. The topological polar surface area (TPSA) is 49.5 Å². The van der Waals surface area contributed by atoms with Crippen LogP contribution in [-0.4, -0.2) is 42.8 Å². The Morgan fingerprint density at radius 1 is 1.17 bits per heavy atom. The van der Waals surface area contributed by atoms with Crippen molar-refractivity contribution in [2.45, 2.75) is 32.2 Å². The summed E-state index contributed by atoms with van der Waals surface area (Å²) in [6, 6.07) is 8.73. The highest BCUT2D eigenvalue weighted by Gasteiger charge is 2.05. The van der Waals surface area contributed by atoms with E-state index in [1.807, 2.05) is 7.05 Å². The van der Waals surface area contributed by atoms with Crippen LogP contribution in [0.1, 0.15) is 24.5 Å². The van der Waals surface area contributed by atoms with Crippen LogP contribution in [0.5, 0.6) is 0 Å². The predicted octanol–water partition coefficient (Wildman–Crippen LogP) is 1.43. The van der Waals surface area contributed by atoms with E-state index >= 15 is 0 Å². The molecule has 1 unspecified atom stereocenters. The van der Waals surface area contributed by atoms with E-state index in [4.69, 9.17) is 10.8 Å². The number of likely N-dealkylation sites (N-methyl/N-ethyl adjacent to an activating group) is 1. The van der Waals surface area contributed by atoms with Gasteiger partial charge in [0.1, 0.15) is 0 Å². The summed E-state index contributed by atoms with van der Waals surface area (Å²) in [7, 11) is 2.04. The second kappa shape index (κ2) is 8.25. The van der Waals surface area contributed by atoms with Gasteiger partial charge in [0.25, 0.3) is 0 Å². The lowest BCUT2D eigenvalue weighted by molar-refractivity contribution is 0.223. The number of aryl methyl sites for hydroxylation is 1. The molecule has 0 fully saturated rings. The summed E-state index contributed by atoms with van der Waals surface area (Å²) in [5.74, 6) is 0. The molecule has 0 spiro atoms. The molecule has 1 rings (SSSR count). The predicted molar refractivity (Wildman–Crippen MR) is 76.7 cm³/mol. The molecule has 3 N–H and O–H groups in total. The van der Waals surface area contributed by atoms with Crippen LogP contribution >= 0.6 is 0 Å². The highest BCUT2D eigenvalue weighted by Crippen LogP contribution is 2.07. The van der Waals surface area contributed by atoms with Crippen molar-refractivity contribution < 1.29 is 5.11 Å². The van der Waals surface area contributed by atoms with Gasteiger partial charge < -0.3 is 15.7 Å². The Hall–Kier alpha value is -0.900. The minimum absolute atomic E-state index is 0.0516. The van der Waals surface area contributed by atoms with Crippen molar-refractivity contribution in [3.63, 3.8) is 0 Å². The average Bonchev–Trinajstić information content (AvgIpc) is 2.38. The fourth-order valence-corrected chi connectivity index (χ4v) is 2.03. The van der Waals surface area contributed by atoms with Gasteiger partial charge in [0.05, 0.1) is 6.61 Å². The smallest absolute Gasteiger partial charge is 0.0595 e. The summed E-state index contributed by atoms with van der Waals surface area (Å²) in [5.41, 5.74) is 8.48. The van der Waals surface area contributed by atoms with Crippen LogP contribution < -0.4 is 5.73 Å². The molecule has 0 heterocycles. The first kappa shape index (κ1) is 15.2. The van der Waals surface area contributed by atoms with Crippen LogP contribution in [0.2, 0.25) is 0 Å². The fourth-order valence-electron chi connectivity index (χ4n) is 2.03. The Bertz CT molecular complexity index is 324. The van der Waals surface area contributed by atoms with Crippen molar-refractivity contribution >= 4 is 0 Å². The molecule has 3 nitrogen and oxygen atoms in total. The average molecular weight is 250 g/mol. The van der Waals surface area contributed by atoms with Crippen molar-refractivity contribution in [1.82, 2.24) is 4.90 Å². The molecule has 1 aromatic carbocycles. The maximum atomic E-state index is 8.90. The van der Waals surface area contributed by atoms with Crippen molar-refractivity contribution in [1.29, 1.82) is 0 Å². The first-order valence-corrected chi connectivity index (χ1v) is 6.78. The highest BCUT2D eigenvalue weighted by atomic mass is 16.3.